The van der Waals surface area contributed by atoms with Gasteiger partial charge >= 0.3 is 5.97 Å². The summed E-state index contributed by atoms with van der Waals surface area (Å²) in [5.74, 6) is -2.03. The number of carbonyl (C=O) groups excluding carboxylic acids is 1. The van der Waals surface area contributed by atoms with Gasteiger partial charge in [-0.1, -0.05) is 28.4 Å². The second-order valence-electron chi connectivity index (χ2n) is 4.94. The molecule has 1 aliphatic carbocycles. The van der Waals surface area contributed by atoms with Crippen LogP contribution in [0.2, 0.25) is 0 Å². The first-order valence-electron chi connectivity index (χ1n) is 6.29. The number of amides is 1. The van der Waals surface area contributed by atoms with E-state index < -0.39 is 17.8 Å². The molecular weight excluding hydrogens is 310 g/mol. The number of nitrogens with one attached hydrogen (secondary N) is 1. The maximum Gasteiger partial charge on any atom is 0.307 e. The van der Waals surface area contributed by atoms with Crippen molar-refractivity contribution in [2.75, 3.05) is 5.32 Å². The van der Waals surface area contributed by atoms with Gasteiger partial charge in [0.1, 0.15) is 0 Å². The van der Waals surface area contributed by atoms with E-state index in [9.17, 15) is 9.59 Å². The van der Waals surface area contributed by atoms with Crippen molar-refractivity contribution in [3.8, 4) is 0 Å². The van der Waals surface area contributed by atoms with Crippen LogP contribution in [0, 0.1) is 18.8 Å². The van der Waals surface area contributed by atoms with Crippen molar-refractivity contribution >= 4 is 33.5 Å². The molecule has 4 nitrogen and oxygen atoms in total. The number of rotatable bonds is 3. The first-order chi connectivity index (χ1) is 8.99. The lowest BCUT2D eigenvalue weighted by molar-refractivity contribution is -0.145. The van der Waals surface area contributed by atoms with Gasteiger partial charge in [0.05, 0.1) is 11.8 Å². The second-order valence-corrected chi connectivity index (χ2v) is 5.79. The Kier molecular flexibility index (Phi) is 4.24. The van der Waals surface area contributed by atoms with Crippen molar-refractivity contribution in [1.82, 2.24) is 0 Å². The van der Waals surface area contributed by atoms with Crippen LogP contribution in [0.1, 0.15) is 24.8 Å². The molecule has 0 saturated heterocycles. The third-order valence-electron chi connectivity index (χ3n) is 3.61. The minimum atomic E-state index is -0.872. The van der Waals surface area contributed by atoms with Gasteiger partial charge in [-0.05, 0) is 37.5 Å². The highest BCUT2D eigenvalue weighted by molar-refractivity contribution is 9.10. The van der Waals surface area contributed by atoms with Gasteiger partial charge in [-0.3, -0.25) is 9.59 Å². The molecule has 19 heavy (non-hydrogen) atoms. The fourth-order valence-corrected chi connectivity index (χ4v) is 2.85. The number of benzene rings is 1. The van der Waals surface area contributed by atoms with E-state index in [4.69, 9.17) is 5.11 Å². The van der Waals surface area contributed by atoms with E-state index in [-0.39, 0.29) is 5.91 Å². The summed E-state index contributed by atoms with van der Waals surface area (Å²) in [6.07, 6.45) is 2.04. The summed E-state index contributed by atoms with van der Waals surface area (Å²) in [5, 5.41) is 11.9. The minimum Gasteiger partial charge on any atom is -0.481 e. The fraction of sp³-hybridized carbons (Fsp3) is 0.429. The predicted molar refractivity (Wildman–Crippen MR) is 76.0 cm³/mol. The molecule has 0 aromatic heterocycles. The highest BCUT2D eigenvalue weighted by Gasteiger charge is 2.37. The van der Waals surface area contributed by atoms with Gasteiger partial charge in [-0.15, -0.1) is 0 Å². The van der Waals surface area contributed by atoms with Gasteiger partial charge in [0.15, 0.2) is 0 Å². The first-order valence-corrected chi connectivity index (χ1v) is 7.08. The quantitative estimate of drug-likeness (QED) is 0.896. The Morgan fingerprint density at radius 1 is 1.32 bits per heavy atom. The number of carboxylic acids is 1. The molecule has 102 valence electrons. The highest BCUT2D eigenvalue weighted by atomic mass is 79.9. The highest BCUT2D eigenvalue weighted by Crippen LogP contribution is 2.33. The number of halogens is 1. The van der Waals surface area contributed by atoms with Crippen molar-refractivity contribution in [3.63, 3.8) is 0 Å². The van der Waals surface area contributed by atoms with E-state index >= 15 is 0 Å². The number of aryl methyl sites for hydroxylation is 1. The lowest BCUT2D eigenvalue weighted by Crippen LogP contribution is -2.29. The predicted octanol–water partition coefficient (Wildman–Crippen LogP) is 3.20. The average Bonchev–Trinajstić information content (AvgIpc) is 2.83. The maximum atomic E-state index is 12.1. The topological polar surface area (TPSA) is 66.4 Å². The molecule has 1 aromatic carbocycles. The largest absolute Gasteiger partial charge is 0.481 e. The van der Waals surface area contributed by atoms with Crippen LogP contribution in [-0.4, -0.2) is 17.0 Å². The summed E-state index contributed by atoms with van der Waals surface area (Å²) in [6, 6.07) is 5.56. The molecule has 2 rings (SSSR count). The fourth-order valence-electron chi connectivity index (χ4n) is 2.48. The molecule has 1 saturated carbocycles. The molecule has 0 spiro atoms. The molecule has 1 amide bonds. The summed E-state index contributed by atoms with van der Waals surface area (Å²) in [6.45, 7) is 1.97. The standard InChI is InChI=1S/C14H16BrNO3/c1-8-5-6-9(7-12(8)15)16-13(17)10-3-2-4-11(10)14(18)19/h5-7,10-11H,2-4H2,1H3,(H,16,17)(H,18,19)/t10-,11+/m1/s1. The van der Waals surface area contributed by atoms with E-state index in [1.807, 2.05) is 25.1 Å². The summed E-state index contributed by atoms with van der Waals surface area (Å²) in [4.78, 5) is 23.2. The van der Waals surface area contributed by atoms with Crippen LogP contribution in [0.5, 0.6) is 0 Å². The number of carboxylic acid groups (broad SMARTS) is 1. The van der Waals surface area contributed by atoms with E-state index in [1.165, 1.54) is 0 Å². The smallest absolute Gasteiger partial charge is 0.307 e. The normalized spacial score (nSPS) is 22.2. The van der Waals surface area contributed by atoms with E-state index in [0.717, 1.165) is 16.5 Å². The third-order valence-corrected chi connectivity index (χ3v) is 4.46. The van der Waals surface area contributed by atoms with Crippen LogP contribution in [0.25, 0.3) is 0 Å². The molecule has 1 aliphatic rings. The van der Waals surface area contributed by atoms with Gasteiger partial charge in [0, 0.05) is 10.2 Å². The van der Waals surface area contributed by atoms with Crippen LogP contribution in [0.3, 0.4) is 0 Å². The molecule has 2 atom stereocenters. The van der Waals surface area contributed by atoms with Gasteiger partial charge in [0.2, 0.25) is 5.91 Å². The SMILES string of the molecule is Cc1ccc(NC(=O)[C@@H]2CCC[C@@H]2C(=O)O)cc1Br. The number of carbonyl (C=O) groups is 2. The Morgan fingerprint density at radius 3 is 2.63 bits per heavy atom. The monoisotopic (exact) mass is 325 g/mol. The third kappa shape index (κ3) is 3.15. The maximum absolute atomic E-state index is 12.1. The van der Waals surface area contributed by atoms with Gasteiger partial charge in [0.25, 0.3) is 0 Å². The Morgan fingerprint density at radius 2 is 2.00 bits per heavy atom. The number of aliphatic carboxylic acids is 1. The summed E-state index contributed by atoms with van der Waals surface area (Å²) in [7, 11) is 0. The van der Waals surface area contributed by atoms with Crippen molar-refractivity contribution in [3.05, 3.63) is 28.2 Å². The molecule has 1 aromatic rings. The molecule has 5 heteroatoms. The van der Waals surface area contributed by atoms with E-state index in [0.29, 0.717) is 18.5 Å². The van der Waals surface area contributed by atoms with Crippen molar-refractivity contribution < 1.29 is 14.7 Å². The van der Waals surface area contributed by atoms with Gasteiger partial charge in [-0.2, -0.15) is 0 Å². The first kappa shape index (κ1) is 14.1. The van der Waals surface area contributed by atoms with Crippen LogP contribution in [-0.2, 0) is 9.59 Å². The van der Waals surface area contributed by atoms with Crippen molar-refractivity contribution in [2.45, 2.75) is 26.2 Å². The zero-order valence-electron chi connectivity index (χ0n) is 10.6. The van der Waals surface area contributed by atoms with E-state index in [2.05, 4.69) is 21.2 Å². The number of hydrogen-bond donors (Lipinski definition) is 2. The summed E-state index contributed by atoms with van der Waals surface area (Å²) in [5.41, 5.74) is 1.78. The number of anilines is 1. The molecule has 0 bridgehead atoms. The Balaban J connectivity index is 2.08. The molecule has 0 aliphatic heterocycles. The number of hydrogen-bond acceptors (Lipinski definition) is 2. The molecule has 1 fully saturated rings. The minimum absolute atomic E-state index is 0.194. The molecule has 0 unspecified atom stereocenters. The zero-order chi connectivity index (χ0) is 14.0. The summed E-state index contributed by atoms with van der Waals surface area (Å²) < 4.78 is 0.923. The van der Waals surface area contributed by atoms with Crippen LogP contribution in [0.15, 0.2) is 22.7 Å². The Labute approximate surface area is 120 Å². The molecule has 0 heterocycles. The van der Waals surface area contributed by atoms with Crippen LogP contribution < -0.4 is 5.32 Å². The Hall–Kier alpha value is -1.36. The lowest BCUT2D eigenvalue weighted by Gasteiger charge is -2.16. The van der Waals surface area contributed by atoms with Gasteiger partial charge in [-0.25, -0.2) is 0 Å². The van der Waals surface area contributed by atoms with Crippen molar-refractivity contribution in [2.24, 2.45) is 11.8 Å². The van der Waals surface area contributed by atoms with E-state index in [1.54, 1.807) is 0 Å². The lowest BCUT2D eigenvalue weighted by atomic mass is 9.95. The van der Waals surface area contributed by atoms with Crippen LogP contribution in [0.4, 0.5) is 5.69 Å². The van der Waals surface area contributed by atoms with Crippen LogP contribution >= 0.6 is 15.9 Å². The molecule has 2 N–H and O–H groups in total. The second kappa shape index (κ2) is 5.74. The van der Waals surface area contributed by atoms with Crippen molar-refractivity contribution in [1.29, 1.82) is 0 Å². The zero-order valence-corrected chi connectivity index (χ0v) is 12.2. The molecule has 0 radical (unpaired) electrons. The summed E-state index contributed by atoms with van der Waals surface area (Å²) >= 11 is 3.41. The average molecular weight is 326 g/mol. The molecular formula is C14H16BrNO3. The Bertz CT molecular complexity index is 515. The van der Waals surface area contributed by atoms with Gasteiger partial charge < -0.3 is 10.4 Å².